The lowest BCUT2D eigenvalue weighted by molar-refractivity contribution is 0.331. The van der Waals surface area contributed by atoms with Gasteiger partial charge in [-0.2, -0.15) is 0 Å². The Kier molecular flexibility index (Phi) is 3.82. The molecule has 1 N–H and O–H groups in total. The van der Waals surface area contributed by atoms with Crippen molar-refractivity contribution in [2.45, 2.75) is 51.1 Å². The fourth-order valence-corrected chi connectivity index (χ4v) is 4.58. The number of thiazole rings is 1. The van der Waals surface area contributed by atoms with Gasteiger partial charge in [0, 0.05) is 12.6 Å². The third-order valence-corrected chi connectivity index (χ3v) is 5.69. The molecular weight excluding hydrogens is 278 g/mol. The SMILES string of the molecule is c1cc2nc(NC3CCCC3)sc2cc1CN1CCCC1. The second-order valence-electron chi connectivity index (χ2n) is 6.43. The Labute approximate surface area is 130 Å². The number of nitrogens with one attached hydrogen (secondary N) is 1. The number of anilines is 1. The molecule has 2 aromatic rings. The van der Waals surface area contributed by atoms with Gasteiger partial charge in [-0.25, -0.2) is 4.98 Å². The average Bonchev–Trinajstić information content (AvgIpc) is 3.19. The van der Waals surface area contributed by atoms with E-state index in [1.165, 1.54) is 61.9 Å². The van der Waals surface area contributed by atoms with Crippen molar-refractivity contribution in [2.24, 2.45) is 0 Å². The molecule has 1 aliphatic heterocycles. The van der Waals surface area contributed by atoms with Crippen molar-refractivity contribution < 1.29 is 0 Å². The second kappa shape index (κ2) is 5.93. The van der Waals surface area contributed by atoms with Crippen molar-refractivity contribution in [3.05, 3.63) is 23.8 Å². The summed E-state index contributed by atoms with van der Waals surface area (Å²) >= 11 is 1.82. The van der Waals surface area contributed by atoms with Crippen LogP contribution in [0.3, 0.4) is 0 Å². The second-order valence-corrected chi connectivity index (χ2v) is 7.46. The van der Waals surface area contributed by atoms with E-state index >= 15 is 0 Å². The summed E-state index contributed by atoms with van der Waals surface area (Å²) in [6.45, 7) is 3.61. The number of hydrogen-bond donors (Lipinski definition) is 1. The Balaban J connectivity index is 1.50. The maximum Gasteiger partial charge on any atom is 0.184 e. The Hall–Kier alpha value is -1.13. The van der Waals surface area contributed by atoms with Crippen molar-refractivity contribution in [3.8, 4) is 0 Å². The average molecular weight is 301 g/mol. The molecule has 4 rings (SSSR count). The van der Waals surface area contributed by atoms with Crippen molar-refractivity contribution in [2.75, 3.05) is 18.4 Å². The van der Waals surface area contributed by atoms with E-state index in [-0.39, 0.29) is 0 Å². The standard InChI is InChI=1S/C17H23N3S/c1-2-6-14(5-1)18-17-19-15-8-7-13(11-16(15)21-17)12-20-9-3-4-10-20/h7-8,11,14H,1-6,9-10,12H2,(H,18,19). The molecule has 0 radical (unpaired) electrons. The van der Waals surface area contributed by atoms with E-state index in [0.717, 1.165) is 17.2 Å². The Bertz CT molecular complexity index is 594. The highest BCUT2D eigenvalue weighted by atomic mass is 32.1. The monoisotopic (exact) mass is 301 g/mol. The number of nitrogens with zero attached hydrogens (tertiary/aromatic N) is 2. The summed E-state index contributed by atoms with van der Waals surface area (Å²) in [5.74, 6) is 0. The van der Waals surface area contributed by atoms with Crippen LogP contribution >= 0.6 is 11.3 Å². The largest absolute Gasteiger partial charge is 0.359 e. The van der Waals surface area contributed by atoms with E-state index in [0.29, 0.717) is 6.04 Å². The first-order chi connectivity index (χ1) is 10.4. The van der Waals surface area contributed by atoms with Crippen LogP contribution in [-0.2, 0) is 6.54 Å². The molecule has 112 valence electrons. The van der Waals surface area contributed by atoms with Gasteiger partial charge in [0.2, 0.25) is 0 Å². The number of aromatic nitrogens is 1. The van der Waals surface area contributed by atoms with E-state index in [4.69, 9.17) is 4.98 Å². The minimum atomic E-state index is 0.648. The van der Waals surface area contributed by atoms with Gasteiger partial charge in [0.1, 0.15) is 0 Å². The van der Waals surface area contributed by atoms with Gasteiger partial charge in [-0.15, -0.1) is 0 Å². The van der Waals surface area contributed by atoms with Gasteiger partial charge in [-0.1, -0.05) is 30.2 Å². The van der Waals surface area contributed by atoms with Crippen LogP contribution < -0.4 is 5.32 Å². The molecular formula is C17H23N3S. The van der Waals surface area contributed by atoms with Gasteiger partial charge in [-0.05, 0) is 56.5 Å². The zero-order valence-corrected chi connectivity index (χ0v) is 13.3. The van der Waals surface area contributed by atoms with Gasteiger partial charge in [0.15, 0.2) is 5.13 Å². The molecule has 1 saturated heterocycles. The fourth-order valence-electron chi connectivity index (χ4n) is 3.57. The molecule has 21 heavy (non-hydrogen) atoms. The van der Waals surface area contributed by atoms with Gasteiger partial charge < -0.3 is 5.32 Å². The number of fused-ring (bicyclic) bond motifs is 1. The molecule has 0 atom stereocenters. The Morgan fingerprint density at radius 1 is 1.14 bits per heavy atom. The van der Waals surface area contributed by atoms with Crippen molar-refractivity contribution >= 4 is 26.7 Å². The van der Waals surface area contributed by atoms with E-state index in [1.54, 1.807) is 0 Å². The topological polar surface area (TPSA) is 28.2 Å². The molecule has 2 heterocycles. The molecule has 0 unspecified atom stereocenters. The van der Waals surface area contributed by atoms with Crippen LogP contribution in [0.1, 0.15) is 44.1 Å². The van der Waals surface area contributed by atoms with Crippen molar-refractivity contribution in [1.82, 2.24) is 9.88 Å². The quantitative estimate of drug-likeness (QED) is 0.915. The van der Waals surface area contributed by atoms with Crippen LogP contribution in [0.4, 0.5) is 5.13 Å². The summed E-state index contributed by atoms with van der Waals surface area (Å²) in [5, 5.41) is 4.73. The third-order valence-electron chi connectivity index (χ3n) is 4.74. The molecule has 1 aromatic heterocycles. The first kappa shape index (κ1) is 13.5. The van der Waals surface area contributed by atoms with E-state index in [2.05, 4.69) is 28.4 Å². The Morgan fingerprint density at radius 2 is 1.95 bits per heavy atom. The van der Waals surface area contributed by atoms with Crippen molar-refractivity contribution in [3.63, 3.8) is 0 Å². The molecule has 2 fully saturated rings. The van der Waals surface area contributed by atoms with E-state index in [1.807, 2.05) is 11.3 Å². The lowest BCUT2D eigenvalue weighted by atomic mass is 10.2. The summed E-state index contributed by atoms with van der Waals surface area (Å²) in [6.07, 6.45) is 8.05. The molecule has 1 aromatic carbocycles. The molecule has 4 heteroatoms. The first-order valence-electron chi connectivity index (χ1n) is 8.25. The fraction of sp³-hybridized carbons (Fsp3) is 0.588. The van der Waals surface area contributed by atoms with Crippen LogP contribution in [0.25, 0.3) is 10.2 Å². The summed E-state index contributed by atoms with van der Waals surface area (Å²) in [7, 11) is 0. The highest BCUT2D eigenvalue weighted by Gasteiger charge is 2.17. The van der Waals surface area contributed by atoms with Gasteiger partial charge in [0.05, 0.1) is 10.2 Å². The Morgan fingerprint density at radius 3 is 2.76 bits per heavy atom. The predicted molar refractivity (Wildman–Crippen MR) is 90.0 cm³/mol. The predicted octanol–water partition coefficient (Wildman–Crippen LogP) is 4.25. The maximum absolute atomic E-state index is 4.74. The maximum atomic E-state index is 4.74. The number of hydrogen-bond acceptors (Lipinski definition) is 4. The molecule has 1 saturated carbocycles. The van der Waals surface area contributed by atoms with Crippen LogP contribution in [0.2, 0.25) is 0 Å². The lowest BCUT2D eigenvalue weighted by Crippen LogP contribution is -2.18. The van der Waals surface area contributed by atoms with E-state index in [9.17, 15) is 0 Å². The minimum absolute atomic E-state index is 0.648. The molecule has 1 aliphatic carbocycles. The first-order valence-corrected chi connectivity index (χ1v) is 9.07. The zero-order valence-electron chi connectivity index (χ0n) is 12.5. The summed E-state index contributed by atoms with van der Waals surface area (Å²) in [4.78, 5) is 7.30. The van der Waals surface area contributed by atoms with Gasteiger partial charge in [-0.3, -0.25) is 4.90 Å². The molecule has 0 bridgehead atoms. The van der Waals surface area contributed by atoms with Gasteiger partial charge in [0.25, 0.3) is 0 Å². The number of benzene rings is 1. The smallest absolute Gasteiger partial charge is 0.184 e. The highest BCUT2D eigenvalue weighted by molar-refractivity contribution is 7.22. The van der Waals surface area contributed by atoms with Crippen LogP contribution in [0.15, 0.2) is 18.2 Å². The third kappa shape index (κ3) is 3.06. The molecule has 0 amide bonds. The number of rotatable bonds is 4. The summed E-state index contributed by atoms with van der Waals surface area (Å²) in [5.41, 5.74) is 2.58. The minimum Gasteiger partial charge on any atom is -0.359 e. The van der Waals surface area contributed by atoms with Crippen LogP contribution in [-0.4, -0.2) is 29.0 Å². The summed E-state index contributed by atoms with van der Waals surface area (Å²) in [6, 6.07) is 7.43. The van der Waals surface area contributed by atoms with Crippen molar-refractivity contribution in [1.29, 1.82) is 0 Å². The molecule has 2 aliphatic rings. The summed E-state index contributed by atoms with van der Waals surface area (Å²) < 4.78 is 1.33. The van der Waals surface area contributed by atoms with E-state index < -0.39 is 0 Å². The molecule has 3 nitrogen and oxygen atoms in total. The van der Waals surface area contributed by atoms with Gasteiger partial charge >= 0.3 is 0 Å². The normalized spacial score (nSPS) is 20.6. The molecule has 0 spiro atoms. The lowest BCUT2D eigenvalue weighted by Gasteiger charge is -2.14. The highest BCUT2D eigenvalue weighted by Crippen LogP contribution is 2.30. The number of likely N-dealkylation sites (tertiary alicyclic amines) is 1. The zero-order chi connectivity index (χ0) is 14.1. The van der Waals surface area contributed by atoms with Crippen LogP contribution in [0, 0.1) is 0 Å². The van der Waals surface area contributed by atoms with Crippen LogP contribution in [0.5, 0.6) is 0 Å².